The van der Waals surface area contributed by atoms with Gasteiger partial charge in [-0.3, -0.25) is 9.78 Å². The Morgan fingerprint density at radius 2 is 2.50 bits per heavy atom. The fourth-order valence-corrected chi connectivity index (χ4v) is 1.35. The molecule has 72 valence electrons. The first-order valence-corrected chi connectivity index (χ1v) is 4.42. The number of nitrogens with zero attached hydrogens (tertiary/aromatic N) is 1. The van der Waals surface area contributed by atoms with Gasteiger partial charge in [-0.25, -0.2) is 0 Å². The van der Waals surface area contributed by atoms with Gasteiger partial charge in [0.15, 0.2) is 5.78 Å². The van der Waals surface area contributed by atoms with E-state index in [1.165, 1.54) is 0 Å². The van der Waals surface area contributed by atoms with E-state index in [9.17, 15) is 4.79 Å². The quantitative estimate of drug-likeness (QED) is 0.707. The third-order valence-electron chi connectivity index (χ3n) is 2.06. The molecule has 2 aromatic rings. The van der Waals surface area contributed by atoms with Crippen LogP contribution >= 0.6 is 0 Å². The van der Waals surface area contributed by atoms with Gasteiger partial charge in [-0.2, -0.15) is 0 Å². The van der Waals surface area contributed by atoms with Crippen LogP contribution in [0.2, 0.25) is 0 Å². The average Bonchev–Trinajstić information content (AvgIpc) is 2.64. The summed E-state index contributed by atoms with van der Waals surface area (Å²) in [7, 11) is 1.75. The molecule has 2 N–H and O–H groups in total. The Balaban J connectivity index is 2.38. The Labute approximate surface area is 81.3 Å². The second-order valence-electron chi connectivity index (χ2n) is 3.09. The fourth-order valence-electron chi connectivity index (χ4n) is 1.35. The molecule has 4 nitrogen and oxygen atoms in total. The lowest BCUT2D eigenvalue weighted by Crippen LogP contribution is -2.18. The molecule has 0 aromatic carbocycles. The minimum atomic E-state index is 0.0523. The normalized spacial score (nSPS) is 10.6. The predicted molar refractivity (Wildman–Crippen MR) is 54.4 cm³/mol. The number of rotatable bonds is 3. The van der Waals surface area contributed by atoms with Gasteiger partial charge in [0.05, 0.1) is 17.6 Å². The summed E-state index contributed by atoms with van der Waals surface area (Å²) in [6, 6.07) is 3.70. The first-order chi connectivity index (χ1) is 6.81. The van der Waals surface area contributed by atoms with E-state index in [0.717, 1.165) is 11.0 Å². The third-order valence-corrected chi connectivity index (χ3v) is 2.06. The molecule has 0 amide bonds. The Hall–Kier alpha value is -1.68. The van der Waals surface area contributed by atoms with Crippen LogP contribution in [0.15, 0.2) is 24.5 Å². The summed E-state index contributed by atoms with van der Waals surface area (Å²) in [5.74, 6) is 0.0523. The number of aromatic nitrogens is 2. The van der Waals surface area contributed by atoms with Gasteiger partial charge in [-0.15, -0.1) is 0 Å². The van der Waals surface area contributed by atoms with Crippen LogP contribution in [-0.4, -0.2) is 29.3 Å². The van der Waals surface area contributed by atoms with Gasteiger partial charge < -0.3 is 10.3 Å². The smallest absolute Gasteiger partial charge is 0.178 e. The SMILES string of the molecule is CNCC(=O)c1cnc2cc[nH]c2c1. The highest BCUT2D eigenvalue weighted by molar-refractivity contribution is 5.99. The minimum absolute atomic E-state index is 0.0523. The second-order valence-corrected chi connectivity index (χ2v) is 3.09. The molecule has 14 heavy (non-hydrogen) atoms. The number of aromatic amines is 1. The van der Waals surface area contributed by atoms with Crippen molar-refractivity contribution in [3.05, 3.63) is 30.1 Å². The number of ketones is 1. The standard InChI is InChI=1S/C10H11N3O/c1-11-6-10(14)7-4-9-8(13-5-7)2-3-12-9/h2-5,11-12H,6H2,1H3. The lowest BCUT2D eigenvalue weighted by Gasteiger charge is -1.99. The van der Waals surface area contributed by atoms with Crippen LogP contribution in [0.3, 0.4) is 0 Å². The lowest BCUT2D eigenvalue weighted by molar-refractivity contribution is 0.0993. The van der Waals surface area contributed by atoms with Gasteiger partial charge >= 0.3 is 0 Å². The molecule has 2 aromatic heterocycles. The molecule has 2 heterocycles. The summed E-state index contributed by atoms with van der Waals surface area (Å²) in [6.45, 7) is 0.341. The molecule has 0 aliphatic carbocycles. The number of H-pyrrole nitrogens is 1. The summed E-state index contributed by atoms with van der Waals surface area (Å²) in [4.78, 5) is 18.7. The highest BCUT2D eigenvalue weighted by atomic mass is 16.1. The molecule has 0 saturated carbocycles. The van der Waals surface area contributed by atoms with Crippen LogP contribution in [0.4, 0.5) is 0 Å². The van der Waals surface area contributed by atoms with Crippen LogP contribution in [0.5, 0.6) is 0 Å². The Kier molecular flexibility index (Phi) is 2.28. The molecule has 0 fully saturated rings. The molecule has 0 saturated heterocycles. The number of likely N-dealkylation sites (N-methyl/N-ethyl adjacent to an activating group) is 1. The van der Waals surface area contributed by atoms with Crippen molar-refractivity contribution in [3.63, 3.8) is 0 Å². The number of Topliss-reactive ketones (excluding diaryl/α,β-unsaturated/α-hetero) is 1. The third kappa shape index (κ3) is 1.52. The van der Waals surface area contributed by atoms with Crippen molar-refractivity contribution in [1.82, 2.24) is 15.3 Å². The molecular formula is C10H11N3O. The van der Waals surface area contributed by atoms with Gasteiger partial charge in [-0.1, -0.05) is 0 Å². The number of pyridine rings is 1. The second kappa shape index (κ2) is 3.59. The molecular weight excluding hydrogens is 178 g/mol. The molecule has 0 aliphatic rings. The maximum Gasteiger partial charge on any atom is 0.178 e. The lowest BCUT2D eigenvalue weighted by atomic mass is 10.2. The van der Waals surface area contributed by atoms with Crippen molar-refractivity contribution >= 4 is 16.8 Å². The van der Waals surface area contributed by atoms with Crippen molar-refractivity contribution in [3.8, 4) is 0 Å². The van der Waals surface area contributed by atoms with E-state index in [1.807, 2.05) is 18.3 Å². The topological polar surface area (TPSA) is 57.8 Å². The average molecular weight is 189 g/mol. The van der Waals surface area contributed by atoms with E-state index in [1.54, 1.807) is 13.2 Å². The van der Waals surface area contributed by atoms with E-state index in [2.05, 4.69) is 15.3 Å². The Bertz CT molecular complexity index is 461. The molecule has 0 aliphatic heterocycles. The van der Waals surface area contributed by atoms with Crippen LogP contribution < -0.4 is 5.32 Å². The first kappa shape index (κ1) is 8.90. The van der Waals surface area contributed by atoms with Crippen LogP contribution in [0, 0.1) is 0 Å². The molecule has 0 atom stereocenters. The number of hydrogen-bond donors (Lipinski definition) is 2. The highest BCUT2D eigenvalue weighted by Gasteiger charge is 2.06. The molecule has 0 bridgehead atoms. The number of nitrogens with one attached hydrogen (secondary N) is 2. The largest absolute Gasteiger partial charge is 0.360 e. The van der Waals surface area contributed by atoms with Crippen molar-refractivity contribution in [1.29, 1.82) is 0 Å². The zero-order valence-corrected chi connectivity index (χ0v) is 7.87. The highest BCUT2D eigenvalue weighted by Crippen LogP contribution is 2.10. The van der Waals surface area contributed by atoms with Crippen molar-refractivity contribution in [2.45, 2.75) is 0 Å². The molecule has 4 heteroatoms. The van der Waals surface area contributed by atoms with E-state index in [4.69, 9.17) is 0 Å². The first-order valence-electron chi connectivity index (χ1n) is 4.42. The van der Waals surface area contributed by atoms with E-state index in [-0.39, 0.29) is 5.78 Å². The zero-order chi connectivity index (χ0) is 9.97. The number of hydrogen-bond acceptors (Lipinski definition) is 3. The monoisotopic (exact) mass is 189 g/mol. The maximum absolute atomic E-state index is 11.5. The molecule has 0 spiro atoms. The summed E-state index contributed by atoms with van der Waals surface area (Å²) in [6.07, 6.45) is 3.42. The summed E-state index contributed by atoms with van der Waals surface area (Å²) in [5.41, 5.74) is 2.41. The van der Waals surface area contributed by atoms with Crippen LogP contribution in [0.25, 0.3) is 11.0 Å². The van der Waals surface area contributed by atoms with Gasteiger partial charge in [0.25, 0.3) is 0 Å². The number of fused-ring (bicyclic) bond motifs is 1. The maximum atomic E-state index is 11.5. The Morgan fingerprint density at radius 3 is 3.29 bits per heavy atom. The van der Waals surface area contributed by atoms with E-state index in [0.29, 0.717) is 12.1 Å². The molecule has 0 radical (unpaired) electrons. The van der Waals surface area contributed by atoms with Crippen LogP contribution in [-0.2, 0) is 0 Å². The van der Waals surface area contributed by atoms with Gasteiger partial charge in [0, 0.05) is 18.0 Å². The van der Waals surface area contributed by atoms with Crippen molar-refractivity contribution in [2.75, 3.05) is 13.6 Å². The fraction of sp³-hybridized carbons (Fsp3) is 0.200. The Morgan fingerprint density at radius 1 is 1.64 bits per heavy atom. The zero-order valence-electron chi connectivity index (χ0n) is 7.87. The predicted octanol–water partition coefficient (Wildman–Crippen LogP) is 0.965. The summed E-state index contributed by atoms with van der Waals surface area (Å²) < 4.78 is 0. The van der Waals surface area contributed by atoms with E-state index >= 15 is 0 Å². The number of carbonyl (C=O) groups excluding carboxylic acids is 1. The summed E-state index contributed by atoms with van der Waals surface area (Å²) >= 11 is 0. The van der Waals surface area contributed by atoms with Gasteiger partial charge in [0.1, 0.15) is 0 Å². The number of carbonyl (C=O) groups is 1. The van der Waals surface area contributed by atoms with Crippen molar-refractivity contribution in [2.24, 2.45) is 0 Å². The minimum Gasteiger partial charge on any atom is -0.360 e. The van der Waals surface area contributed by atoms with Crippen LogP contribution in [0.1, 0.15) is 10.4 Å². The molecule has 0 unspecified atom stereocenters. The van der Waals surface area contributed by atoms with Crippen molar-refractivity contribution < 1.29 is 4.79 Å². The molecule has 2 rings (SSSR count). The van der Waals surface area contributed by atoms with E-state index < -0.39 is 0 Å². The summed E-state index contributed by atoms with van der Waals surface area (Å²) in [5, 5.41) is 2.82. The van der Waals surface area contributed by atoms with Gasteiger partial charge in [0.2, 0.25) is 0 Å². The van der Waals surface area contributed by atoms with Gasteiger partial charge in [-0.05, 0) is 19.2 Å².